The van der Waals surface area contributed by atoms with Gasteiger partial charge in [-0.1, -0.05) is 23.3 Å². The van der Waals surface area contributed by atoms with Crippen LogP contribution < -0.4 is 19.6 Å². The van der Waals surface area contributed by atoms with Gasteiger partial charge in [0.15, 0.2) is 11.5 Å². The van der Waals surface area contributed by atoms with Crippen LogP contribution in [-0.4, -0.2) is 50.9 Å². The summed E-state index contributed by atoms with van der Waals surface area (Å²) in [7, 11) is 3.08. The highest BCUT2D eigenvalue weighted by Gasteiger charge is 2.24. The maximum Gasteiger partial charge on any atom is 0.204 e. The SMILES string of the molecule is COCCOc1cc2oc3cc(OCCO)c(OC)c(CC=C(C)C)c3c(=O)c2c(O)c1CC=C(C)C. The third kappa shape index (κ3) is 6.26. The fourth-order valence-corrected chi connectivity index (χ4v) is 4.06. The molecule has 3 aromatic rings. The van der Waals surface area contributed by atoms with Crippen molar-refractivity contribution in [3.63, 3.8) is 0 Å². The number of allylic oxidation sites excluding steroid dienone is 4. The van der Waals surface area contributed by atoms with Gasteiger partial charge in [0, 0.05) is 30.4 Å². The second kappa shape index (κ2) is 12.7. The molecule has 0 unspecified atom stereocenters. The van der Waals surface area contributed by atoms with Gasteiger partial charge in [-0.2, -0.15) is 0 Å². The predicted molar refractivity (Wildman–Crippen MR) is 144 cm³/mol. The van der Waals surface area contributed by atoms with Crippen LogP contribution in [0.4, 0.5) is 0 Å². The van der Waals surface area contributed by atoms with Gasteiger partial charge in [0.2, 0.25) is 5.43 Å². The molecule has 0 atom stereocenters. The van der Waals surface area contributed by atoms with Crippen molar-refractivity contribution in [2.24, 2.45) is 0 Å². The lowest BCUT2D eigenvalue weighted by Crippen LogP contribution is -2.11. The molecular weight excluding hydrogens is 476 g/mol. The average molecular weight is 513 g/mol. The Labute approximate surface area is 216 Å². The normalized spacial score (nSPS) is 11.0. The number of phenolic OH excluding ortho intramolecular Hbond substituents is 1. The summed E-state index contributed by atoms with van der Waals surface area (Å²) in [6.07, 6.45) is 4.70. The van der Waals surface area contributed by atoms with Gasteiger partial charge < -0.3 is 33.6 Å². The number of rotatable bonds is 12. The highest BCUT2D eigenvalue weighted by molar-refractivity contribution is 5.98. The molecule has 2 N–H and O–H groups in total. The summed E-state index contributed by atoms with van der Waals surface area (Å²) in [6.45, 7) is 8.35. The van der Waals surface area contributed by atoms with Gasteiger partial charge in [0.1, 0.15) is 41.3 Å². The molecule has 8 heteroatoms. The zero-order valence-electron chi connectivity index (χ0n) is 22.4. The molecule has 200 valence electrons. The van der Waals surface area contributed by atoms with Crippen LogP contribution in [0.3, 0.4) is 0 Å². The van der Waals surface area contributed by atoms with Crippen molar-refractivity contribution in [3.8, 4) is 23.0 Å². The van der Waals surface area contributed by atoms with Gasteiger partial charge >= 0.3 is 0 Å². The van der Waals surface area contributed by atoms with Crippen LogP contribution in [0.25, 0.3) is 21.9 Å². The average Bonchev–Trinajstić information content (AvgIpc) is 2.85. The molecule has 0 aliphatic heterocycles. The molecule has 3 rings (SSSR count). The lowest BCUT2D eigenvalue weighted by molar-refractivity contribution is 0.145. The molecule has 1 aromatic heterocycles. The van der Waals surface area contributed by atoms with E-state index < -0.39 is 0 Å². The van der Waals surface area contributed by atoms with Crippen molar-refractivity contribution >= 4 is 21.9 Å². The third-order valence-corrected chi connectivity index (χ3v) is 5.84. The Morgan fingerprint density at radius 3 is 2.05 bits per heavy atom. The molecule has 0 amide bonds. The summed E-state index contributed by atoms with van der Waals surface area (Å²) in [5.41, 5.74) is 3.30. The van der Waals surface area contributed by atoms with E-state index in [0.29, 0.717) is 53.2 Å². The van der Waals surface area contributed by atoms with E-state index in [1.807, 2.05) is 39.8 Å². The molecule has 8 nitrogen and oxygen atoms in total. The smallest absolute Gasteiger partial charge is 0.204 e. The zero-order chi connectivity index (χ0) is 27.1. The van der Waals surface area contributed by atoms with E-state index in [2.05, 4.69) is 0 Å². The van der Waals surface area contributed by atoms with Crippen molar-refractivity contribution in [1.82, 2.24) is 0 Å². The zero-order valence-corrected chi connectivity index (χ0v) is 22.4. The van der Waals surface area contributed by atoms with Crippen LogP contribution in [0.15, 0.2) is 44.6 Å². The van der Waals surface area contributed by atoms with Crippen molar-refractivity contribution in [2.45, 2.75) is 40.5 Å². The summed E-state index contributed by atoms with van der Waals surface area (Å²) in [6, 6.07) is 3.21. The van der Waals surface area contributed by atoms with E-state index in [0.717, 1.165) is 11.1 Å². The Balaban J connectivity index is 2.41. The number of ether oxygens (including phenoxy) is 4. The van der Waals surface area contributed by atoms with Gasteiger partial charge in [-0.05, 0) is 40.5 Å². The number of benzene rings is 2. The number of hydrogen-bond donors (Lipinski definition) is 2. The van der Waals surface area contributed by atoms with Gasteiger partial charge in [0.05, 0.1) is 25.7 Å². The number of aliphatic hydroxyl groups excluding tert-OH is 1. The molecule has 0 fully saturated rings. The van der Waals surface area contributed by atoms with Gasteiger partial charge in [-0.3, -0.25) is 4.79 Å². The van der Waals surface area contributed by atoms with Crippen LogP contribution in [0.2, 0.25) is 0 Å². The molecule has 0 aliphatic carbocycles. The summed E-state index contributed by atoms with van der Waals surface area (Å²) in [4.78, 5) is 14.0. The molecule has 0 spiro atoms. The Bertz CT molecular complexity index is 1370. The van der Waals surface area contributed by atoms with Gasteiger partial charge in [-0.25, -0.2) is 0 Å². The number of fused-ring (bicyclic) bond motifs is 2. The minimum absolute atomic E-state index is 0.0494. The fourth-order valence-electron chi connectivity index (χ4n) is 4.06. The number of phenols is 1. The molecular formula is C29H36O8. The molecule has 0 radical (unpaired) electrons. The van der Waals surface area contributed by atoms with E-state index in [1.165, 1.54) is 7.11 Å². The second-order valence-electron chi connectivity index (χ2n) is 9.15. The second-order valence-corrected chi connectivity index (χ2v) is 9.15. The summed E-state index contributed by atoms with van der Waals surface area (Å²) in [5.74, 6) is 0.974. The monoisotopic (exact) mass is 512 g/mol. The lowest BCUT2D eigenvalue weighted by Gasteiger charge is -2.18. The molecule has 0 bridgehead atoms. The Morgan fingerprint density at radius 2 is 1.46 bits per heavy atom. The predicted octanol–water partition coefficient (Wildman–Crippen LogP) is 5.07. The fraction of sp³-hybridized carbons (Fsp3) is 0.414. The number of aliphatic hydroxyl groups is 1. The van der Waals surface area contributed by atoms with Crippen LogP contribution in [0.5, 0.6) is 23.0 Å². The van der Waals surface area contributed by atoms with Crippen LogP contribution in [-0.2, 0) is 17.6 Å². The van der Waals surface area contributed by atoms with Crippen LogP contribution in [0.1, 0.15) is 38.8 Å². The summed E-state index contributed by atoms with van der Waals surface area (Å²) in [5, 5.41) is 21.0. The molecule has 0 aliphatic rings. The Kier molecular flexibility index (Phi) is 9.60. The van der Waals surface area contributed by atoms with Gasteiger partial charge in [-0.15, -0.1) is 0 Å². The van der Waals surface area contributed by atoms with E-state index in [9.17, 15) is 15.0 Å². The molecule has 1 heterocycles. The molecule has 2 aromatic carbocycles. The molecule has 37 heavy (non-hydrogen) atoms. The van der Waals surface area contributed by atoms with E-state index in [1.54, 1.807) is 19.2 Å². The van der Waals surface area contributed by atoms with Gasteiger partial charge in [0.25, 0.3) is 0 Å². The third-order valence-electron chi connectivity index (χ3n) is 5.84. The summed E-state index contributed by atoms with van der Waals surface area (Å²) >= 11 is 0. The maximum atomic E-state index is 14.0. The first kappa shape index (κ1) is 28.1. The molecule has 0 saturated heterocycles. The first-order valence-electron chi connectivity index (χ1n) is 12.2. The minimum Gasteiger partial charge on any atom is -0.507 e. The number of aromatic hydroxyl groups is 1. The standard InChI is InChI=1S/C29H36O8/c1-17(2)7-9-19-21(36-14-13-33-5)15-23-26(27(19)31)28(32)25-20(10-8-18(3)4)29(34-6)24(35-12-11-30)16-22(25)37-23/h7-8,15-16,30-31H,9-14H2,1-6H3. The summed E-state index contributed by atoms with van der Waals surface area (Å²) < 4.78 is 28.6. The van der Waals surface area contributed by atoms with E-state index >= 15 is 0 Å². The van der Waals surface area contributed by atoms with Crippen molar-refractivity contribution in [2.75, 3.05) is 40.6 Å². The highest BCUT2D eigenvalue weighted by atomic mass is 16.5. The largest absolute Gasteiger partial charge is 0.507 e. The topological polar surface area (TPSA) is 108 Å². The van der Waals surface area contributed by atoms with E-state index in [4.69, 9.17) is 23.4 Å². The van der Waals surface area contributed by atoms with Crippen molar-refractivity contribution in [3.05, 3.63) is 56.8 Å². The number of methoxy groups -OCH3 is 2. The van der Waals surface area contributed by atoms with Crippen molar-refractivity contribution < 1.29 is 33.6 Å². The first-order valence-corrected chi connectivity index (χ1v) is 12.2. The first-order chi connectivity index (χ1) is 17.7. The molecule has 0 saturated carbocycles. The Morgan fingerprint density at radius 1 is 0.865 bits per heavy atom. The Hall–Kier alpha value is -3.49. The van der Waals surface area contributed by atoms with Crippen molar-refractivity contribution in [1.29, 1.82) is 0 Å². The minimum atomic E-state index is -0.375. The van der Waals surface area contributed by atoms with E-state index in [-0.39, 0.29) is 47.6 Å². The highest BCUT2D eigenvalue weighted by Crippen LogP contribution is 2.41. The van der Waals surface area contributed by atoms with Crippen LogP contribution >= 0.6 is 0 Å². The maximum absolute atomic E-state index is 14.0. The number of hydrogen-bond acceptors (Lipinski definition) is 8. The van der Waals surface area contributed by atoms with Crippen LogP contribution in [0, 0.1) is 0 Å². The quantitative estimate of drug-likeness (QED) is 0.197. The lowest BCUT2D eigenvalue weighted by atomic mass is 9.98.